The van der Waals surface area contributed by atoms with Crippen LogP contribution >= 0.6 is 15.9 Å². The Bertz CT molecular complexity index is 499. The van der Waals surface area contributed by atoms with Gasteiger partial charge in [-0.3, -0.25) is 4.98 Å². The van der Waals surface area contributed by atoms with Crippen molar-refractivity contribution in [3.63, 3.8) is 0 Å². The van der Waals surface area contributed by atoms with Gasteiger partial charge in [0.15, 0.2) is 5.82 Å². The molecule has 0 unspecified atom stereocenters. The normalized spacial score (nSPS) is 10.3. The van der Waals surface area contributed by atoms with Crippen LogP contribution in [-0.2, 0) is 0 Å². The Kier molecular flexibility index (Phi) is 2.64. The molecule has 0 amide bonds. The lowest BCUT2D eigenvalue weighted by atomic mass is 10.1. The lowest BCUT2D eigenvalue weighted by molar-refractivity contribution is 1.15. The number of nitrogens with two attached hydrogens (primary N) is 1. The molecule has 0 fully saturated rings. The van der Waals surface area contributed by atoms with Gasteiger partial charge >= 0.3 is 0 Å². The van der Waals surface area contributed by atoms with E-state index in [2.05, 4.69) is 30.9 Å². The molecule has 76 valence electrons. The van der Waals surface area contributed by atoms with Crippen molar-refractivity contribution < 1.29 is 0 Å². The quantitative estimate of drug-likeness (QED) is 0.858. The average molecular weight is 265 g/mol. The van der Waals surface area contributed by atoms with E-state index in [1.807, 2.05) is 13.0 Å². The van der Waals surface area contributed by atoms with Crippen molar-refractivity contribution >= 4 is 21.7 Å². The summed E-state index contributed by atoms with van der Waals surface area (Å²) in [5, 5.41) is 0. The Hall–Kier alpha value is -1.49. The second-order valence-corrected chi connectivity index (χ2v) is 3.97. The molecule has 0 aliphatic heterocycles. The van der Waals surface area contributed by atoms with E-state index in [-0.39, 0.29) is 0 Å². The van der Waals surface area contributed by atoms with Crippen molar-refractivity contribution in [2.24, 2.45) is 0 Å². The van der Waals surface area contributed by atoms with E-state index in [1.165, 1.54) is 0 Å². The monoisotopic (exact) mass is 264 g/mol. The van der Waals surface area contributed by atoms with Gasteiger partial charge in [0, 0.05) is 24.2 Å². The number of aromatic nitrogens is 3. The molecule has 0 bridgehead atoms. The summed E-state index contributed by atoms with van der Waals surface area (Å²) in [7, 11) is 0. The third-order valence-corrected chi connectivity index (χ3v) is 2.66. The van der Waals surface area contributed by atoms with E-state index in [4.69, 9.17) is 5.73 Å². The molecule has 0 radical (unpaired) electrons. The van der Waals surface area contributed by atoms with Crippen molar-refractivity contribution in [1.29, 1.82) is 0 Å². The molecule has 4 nitrogen and oxygen atoms in total. The van der Waals surface area contributed by atoms with Gasteiger partial charge in [0.25, 0.3) is 0 Å². The van der Waals surface area contributed by atoms with Gasteiger partial charge in [-0.25, -0.2) is 9.97 Å². The molecule has 2 aromatic rings. The second-order valence-electron chi connectivity index (χ2n) is 3.12. The van der Waals surface area contributed by atoms with Crippen LogP contribution < -0.4 is 5.73 Å². The lowest BCUT2D eigenvalue weighted by Gasteiger charge is -2.04. The minimum Gasteiger partial charge on any atom is -0.383 e. The third kappa shape index (κ3) is 1.97. The fourth-order valence-electron chi connectivity index (χ4n) is 1.21. The summed E-state index contributed by atoms with van der Waals surface area (Å²) in [6, 6.07) is 1.91. The smallest absolute Gasteiger partial charge is 0.163 e. The van der Waals surface area contributed by atoms with Crippen LogP contribution in [0, 0.1) is 6.92 Å². The molecular weight excluding hydrogens is 256 g/mol. The van der Waals surface area contributed by atoms with E-state index in [1.54, 1.807) is 18.6 Å². The predicted octanol–water partition coefficient (Wildman–Crippen LogP) is 2.19. The zero-order chi connectivity index (χ0) is 10.8. The number of hydrogen-bond acceptors (Lipinski definition) is 4. The van der Waals surface area contributed by atoms with Crippen molar-refractivity contribution in [2.45, 2.75) is 6.92 Å². The van der Waals surface area contributed by atoms with Gasteiger partial charge in [-0.15, -0.1) is 0 Å². The summed E-state index contributed by atoms with van der Waals surface area (Å²) in [6.07, 6.45) is 5.11. The highest BCUT2D eigenvalue weighted by Gasteiger charge is 2.06. The van der Waals surface area contributed by atoms with Crippen molar-refractivity contribution in [1.82, 2.24) is 15.0 Å². The van der Waals surface area contributed by atoms with Crippen molar-refractivity contribution in [3.8, 4) is 11.4 Å². The maximum Gasteiger partial charge on any atom is 0.163 e. The first-order valence-electron chi connectivity index (χ1n) is 4.37. The van der Waals surface area contributed by atoms with Gasteiger partial charge in [-0.05, 0) is 34.5 Å². The molecule has 2 N–H and O–H groups in total. The first-order valence-corrected chi connectivity index (χ1v) is 5.17. The maximum atomic E-state index is 5.69. The number of nitrogen functional groups attached to an aromatic ring is 1. The Labute approximate surface area is 95.7 Å². The number of hydrogen-bond donors (Lipinski definition) is 1. The van der Waals surface area contributed by atoms with Crippen LogP contribution in [0.3, 0.4) is 0 Å². The van der Waals surface area contributed by atoms with Crippen LogP contribution in [0.4, 0.5) is 5.82 Å². The van der Waals surface area contributed by atoms with Gasteiger partial charge in [0.1, 0.15) is 5.82 Å². The highest BCUT2D eigenvalue weighted by molar-refractivity contribution is 9.10. The number of pyridine rings is 1. The molecule has 5 heteroatoms. The van der Waals surface area contributed by atoms with E-state index < -0.39 is 0 Å². The van der Waals surface area contributed by atoms with Gasteiger partial charge in [-0.1, -0.05) is 0 Å². The minimum absolute atomic E-state index is 0.434. The lowest BCUT2D eigenvalue weighted by Crippen LogP contribution is -1.97. The molecule has 2 heterocycles. The first kappa shape index (κ1) is 10.0. The molecule has 2 aromatic heterocycles. The third-order valence-electron chi connectivity index (χ3n) is 2.05. The zero-order valence-corrected chi connectivity index (χ0v) is 9.69. The Morgan fingerprint density at radius 1 is 1.33 bits per heavy atom. The van der Waals surface area contributed by atoms with Crippen LogP contribution in [0.5, 0.6) is 0 Å². The number of rotatable bonds is 1. The second kappa shape index (κ2) is 3.94. The zero-order valence-electron chi connectivity index (χ0n) is 8.11. The number of halogens is 1. The highest BCUT2D eigenvalue weighted by atomic mass is 79.9. The number of aryl methyl sites for hydroxylation is 1. The molecule has 0 atom stereocenters. The number of nitrogens with zero attached hydrogens (tertiary/aromatic N) is 3. The van der Waals surface area contributed by atoms with E-state index in [0.717, 1.165) is 11.1 Å². The highest BCUT2D eigenvalue weighted by Crippen LogP contribution is 2.22. The van der Waals surface area contributed by atoms with Crippen LogP contribution in [0.25, 0.3) is 11.4 Å². The molecule has 0 aromatic carbocycles. The first-order chi connectivity index (χ1) is 7.18. The van der Waals surface area contributed by atoms with Crippen molar-refractivity contribution in [2.75, 3.05) is 5.73 Å². The molecule has 0 aliphatic rings. The van der Waals surface area contributed by atoms with Gasteiger partial charge in [0.05, 0.1) is 4.47 Å². The average Bonchev–Trinajstić information content (AvgIpc) is 2.23. The molecule has 0 aliphatic carbocycles. The Morgan fingerprint density at radius 2 is 2.13 bits per heavy atom. The van der Waals surface area contributed by atoms with Gasteiger partial charge in [0.2, 0.25) is 0 Å². The Balaban J connectivity index is 2.55. The summed E-state index contributed by atoms with van der Waals surface area (Å²) in [5.74, 6) is 1.03. The standard InChI is InChI=1S/C10H9BrN4/c1-6-2-3-13-4-7(6)10-14-5-8(11)9(12)15-10/h2-5H,1H3,(H2,12,14,15). The molecular formula is C10H9BrN4. The van der Waals surface area contributed by atoms with Crippen molar-refractivity contribution in [3.05, 3.63) is 34.7 Å². The summed E-state index contributed by atoms with van der Waals surface area (Å²) in [5.41, 5.74) is 7.67. The molecule has 0 saturated heterocycles. The fourth-order valence-corrected chi connectivity index (χ4v) is 1.40. The summed E-state index contributed by atoms with van der Waals surface area (Å²) >= 11 is 3.25. The van der Waals surface area contributed by atoms with E-state index in [9.17, 15) is 0 Å². The Morgan fingerprint density at radius 3 is 2.80 bits per heavy atom. The summed E-state index contributed by atoms with van der Waals surface area (Å²) in [6.45, 7) is 1.98. The van der Waals surface area contributed by atoms with E-state index >= 15 is 0 Å². The number of anilines is 1. The predicted molar refractivity (Wildman–Crippen MR) is 62.1 cm³/mol. The summed E-state index contributed by atoms with van der Waals surface area (Å²) < 4.78 is 0.702. The molecule has 2 rings (SSSR count). The largest absolute Gasteiger partial charge is 0.383 e. The molecule has 0 spiro atoms. The SMILES string of the molecule is Cc1ccncc1-c1ncc(Br)c(N)n1. The van der Waals surface area contributed by atoms with E-state index in [0.29, 0.717) is 16.1 Å². The summed E-state index contributed by atoms with van der Waals surface area (Å²) in [4.78, 5) is 12.4. The van der Waals surface area contributed by atoms with Crippen LogP contribution in [0.1, 0.15) is 5.56 Å². The van der Waals surface area contributed by atoms with Crippen LogP contribution in [0.15, 0.2) is 29.1 Å². The van der Waals surface area contributed by atoms with Gasteiger partial charge in [-0.2, -0.15) is 0 Å². The fraction of sp³-hybridized carbons (Fsp3) is 0.100. The topological polar surface area (TPSA) is 64.7 Å². The van der Waals surface area contributed by atoms with Crippen LogP contribution in [-0.4, -0.2) is 15.0 Å². The maximum absolute atomic E-state index is 5.69. The van der Waals surface area contributed by atoms with Crippen LogP contribution in [0.2, 0.25) is 0 Å². The molecule has 15 heavy (non-hydrogen) atoms. The van der Waals surface area contributed by atoms with Gasteiger partial charge < -0.3 is 5.73 Å². The molecule has 0 saturated carbocycles. The minimum atomic E-state index is 0.434.